The minimum absolute atomic E-state index is 0.133. The fourth-order valence-corrected chi connectivity index (χ4v) is 10.5. The number of benzene rings is 3. The minimum Gasteiger partial charge on any atom is -0.497 e. The van der Waals surface area contributed by atoms with Crippen LogP contribution in [-0.2, 0) is 24.2 Å². The highest BCUT2D eigenvalue weighted by Gasteiger charge is 2.56. The van der Waals surface area contributed by atoms with Crippen LogP contribution in [0.5, 0.6) is 5.75 Å². The van der Waals surface area contributed by atoms with Gasteiger partial charge in [-0.1, -0.05) is 93.6 Å². The molecule has 194 valence electrons. The molecule has 0 radical (unpaired) electrons. The van der Waals surface area contributed by atoms with E-state index in [1.165, 1.54) is 17.5 Å². The maximum atomic E-state index is 13.5. The number of ether oxygens (including phenoxy) is 2. The van der Waals surface area contributed by atoms with Crippen molar-refractivity contribution < 1.29 is 23.5 Å². The molecule has 1 saturated carbocycles. The first kappa shape index (κ1) is 26.8. The Morgan fingerprint density at radius 3 is 1.86 bits per heavy atom. The van der Waals surface area contributed by atoms with Crippen molar-refractivity contribution in [3.05, 3.63) is 90.5 Å². The number of carbonyl (C=O) groups is 2. The fraction of sp³-hybridized carbons (Fsp3) is 0.355. The van der Waals surface area contributed by atoms with Crippen LogP contribution in [0.25, 0.3) is 0 Å². The number of Topliss-reactive ketones (excluding diaryl/α,β-unsaturated/α-hetero) is 1. The molecule has 3 aromatic carbocycles. The quantitative estimate of drug-likeness (QED) is 0.256. The first-order valence-corrected chi connectivity index (χ1v) is 14.6. The molecule has 0 heterocycles. The molecule has 0 aromatic heterocycles. The zero-order valence-electron chi connectivity index (χ0n) is 22.3. The molecule has 0 unspecified atom stereocenters. The van der Waals surface area contributed by atoms with E-state index in [1.54, 1.807) is 31.4 Å². The molecule has 0 N–H and O–H groups in total. The van der Waals surface area contributed by atoms with Gasteiger partial charge in [0.2, 0.25) is 0 Å². The summed E-state index contributed by atoms with van der Waals surface area (Å²) in [4.78, 5) is 26.9. The molecule has 1 aliphatic carbocycles. The summed E-state index contributed by atoms with van der Waals surface area (Å²) in [6, 6.07) is 28.0. The normalized spacial score (nSPS) is 20.4. The topological polar surface area (TPSA) is 61.8 Å². The number of carbonyl (C=O) groups excluding carboxylic acids is 2. The molecule has 6 heteroatoms. The Morgan fingerprint density at radius 1 is 0.865 bits per heavy atom. The Hall–Kier alpha value is -3.22. The average Bonchev–Trinajstić information content (AvgIpc) is 2.92. The second-order valence-electron chi connectivity index (χ2n) is 10.7. The summed E-state index contributed by atoms with van der Waals surface area (Å²) in [6.45, 7) is 6.68. The first-order chi connectivity index (χ1) is 17.7. The Bertz CT molecular complexity index is 1170. The minimum atomic E-state index is -2.87. The summed E-state index contributed by atoms with van der Waals surface area (Å²) in [5.41, 5.74) is -0.809. The Kier molecular flexibility index (Phi) is 7.71. The molecule has 37 heavy (non-hydrogen) atoms. The summed E-state index contributed by atoms with van der Waals surface area (Å²) >= 11 is 0. The van der Waals surface area contributed by atoms with Gasteiger partial charge in [-0.15, -0.1) is 0 Å². The van der Waals surface area contributed by atoms with Crippen LogP contribution in [0.2, 0.25) is 5.04 Å². The monoisotopic (exact) mass is 516 g/mol. The van der Waals surface area contributed by atoms with Crippen molar-refractivity contribution in [1.82, 2.24) is 0 Å². The Morgan fingerprint density at radius 2 is 1.41 bits per heavy atom. The van der Waals surface area contributed by atoms with E-state index >= 15 is 0 Å². The maximum Gasteiger partial charge on any atom is 0.323 e. The van der Waals surface area contributed by atoms with Gasteiger partial charge in [0.15, 0.2) is 11.2 Å². The summed E-state index contributed by atoms with van der Waals surface area (Å²) in [5.74, 6) is -0.0163. The van der Waals surface area contributed by atoms with Crippen LogP contribution < -0.4 is 15.1 Å². The molecule has 4 rings (SSSR count). The highest BCUT2D eigenvalue weighted by atomic mass is 28.4. The predicted molar refractivity (Wildman–Crippen MR) is 148 cm³/mol. The van der Waals surface area contributed by atoms with Crippen molar-refractivity contribution in [3.63, 3.8) is 0 Å². The summed E-state index contributed by atoms with van der Waals surface area (Å²) in [5, 5.41) is 2.11. The fourth-order valence-electron chi connectivity index (χ4n) is 5.75. The Labute approximate surface area is 220 Å². The van der Waals surface area contributed by atoms with E-state index in [0.717, 1.165) is 0 Å². The standard InChI is InChI=1S/C31H36O5Si/c1-30(2,3)37(26-12-8-6-9-13-26,27-14-10-7-11-15-27)36-25-20-21-28(32)31(22-25,29(33)35-5)23-16-18-24(34-4)19-17-23/h6-19,25H,20-22H2,1-5H3/t25-,31+/m0/s1. The van der Waals surface area contributed by atoms with Gasteiger partial charge >= 0.3 is 5.97 Å². The molecular formula is C31H36O5Si. The smallest absolute Gasteiger partial charge is 0.323 e. The van der Waals surface area contributed by atoms with Crippen molar-refractivity contribution in [2.45, 2.75) is 56.6 Å². The number of hydrogen-bond donors (Lipinski definition) is 0. The van der Waals surface area contributed by atoms with Crippen molar-refractivity contribution in [2.24, 2.45) is 0 Å². The lowest BCUT2D eigenvalue weighted by Gasteiger charge is -2.47. The van der Waals surface area contributed by atoms with Crippen LogP contribution in [0.4, 0.5) is 0 Å². The van der Waals surface area contributed by atoms with E-state index in [-0.39, 0.29) is 29.8 Å². The molecule has 5 nitrogen and oxygen atoms in total. The zero-order chi connectivity index (χ0) is 26.7. The van der Waals surface area contributed by atoms with Gasteiger partial charge < -0.3 is 13.9 Å². The van der Waals surface area contributed by atoms with Crippen LogP contribution in [0.3, 0.4) is 0 Å². The van der Waals surface area contributed by atoms with Gasteiger partial charge in [-0.3, -0.25) is 9.59 Å². The molecule has 0 spiro atoms. The second kappa shape index (κ2) is 10.6. The lowest BCUT2D eigenvalue weighted by atomic mass is 9.67. The SMILES string of the molecule is COC(=O)[C@@]1(c2ccc(OC)cc2)C[C@@H](O[Si](c2ccccc2)(c2ccccc2)C(C)(C)C)CCC1=O. The van der Waals surface area contributed by atoms with Crippen LogP contribution >= 0.6 is 0 Å². The number of methoxy groups -OCH3 is 2. The number of esters is 1. The van der Waals surface area contributed by atoms with E-state index in [1.807, 2.05) is 12.1 Å². The molecule has 0 amide bonds. The van der Waals surface area contributed by atoms with Gasteiger partial charge in [-0.25, -0.2) is 0 Å². The molecule has 1 fully saturated rings. The van der Waals surface area contributed by atoms with E-state index in [2.05, 4.69) is 69.3 Å². The molecule has 0 saturated heterocycles. The van der Waals surface area contributed by atoms with Gasteiger partial charge in [0.25, 0.3) is 8.32 Å². The third kappa shape index (κ3) is 4.76. The van der Waals surface area contributed by atoms with Gasteiger partial charge in [-0.2, -0.15) is 0 Å². The Balaban J connectivity index is 1.84. The molecule has 2 atom stereocenters. The number of ketones is 1. The molecule has 1 aliphatic rings. The average molecular weight is 517 g/mol. The van der Waals surface area contributed by atoms with Crippen LogP contribution in [-0.4, -0.2) is 40.4 Å². The van der Waals surface area contributed by atoms with E-state index in [9.17, 15) is 9.59 Å². The number of hydrogen-bond acceptors (Lipinski definition) is 5. The highest BCUT2D eigenvalue weighted by molar-refractivity contribution is 6.99. The second-order valence-corrected chi connectivity index (χ2v) is 14.9. The number of rotatable bonds is 7. The first-order valence-electron chi connectivity index (χ1n) is 12.7. The third-order valence-corrected chi connectivity index (χ3v) is 12.7. The van der Waals surface area contributed by atoms with Crippen LogP contribution in [0.1, 0.15) is 45.6 Å². The van der Waals surface area contributed by atoms with E-state index in [0.29, 0.717) is 17.7 Å². The molecule has 3 aromatic rings. The van der Waals surface area contributed by atoms with Crippen LogP contribution in [0, 0.1) is 0 Å². The summed E-state index contributed by atoms with van der Waals surface area (Å²) < 4.78 is 17.9. The lowest BCUT2D eigenvalue weighted by molar-refractivity contribution is -0.155. The van der Waals surface area contributed by atoms with Gasteiger partial charge in [-0.05, 0) is 45.9 Å². The summed E-state index contributed by atoms with van der Waals surface area (Å²) in [7, 11) is 0.0633. The molecular weight excluding hydrogens is 480 g/mol. The molecule has 0 bridgehead atoms. The van der Waals surface area contributed by atoms with Crippen molar-refractivity contribution >= 4 is 30.4 Å². The zero-order valence-corrected chi connectivity index (χ0v) is 23.3. The van der Waals surface area contributed by atoms with E-state index in [4.69, 9.17) is 13.9 Å². The largest absolute Gasteiger partial charge is 0.497 e. The van der Waals surface area contributed by atoms with Gasteiger partial charge in [0.1, 0.15) is 5.75 Å². The van der Waals surface area contributed by atoms with Gasteiger partial charge in [0.05, 0.1) is 14.2 Å². The molecule has 0 aliphatic heterocycles. The third-order valence-electron chi connectivity index (χ3n) is 7.58. The maximum absolute atomic E-state index is 13.5. The van der Waals surface area contributed by atoms with Crippen molar-refractivity contribution in [1.29, 1.82) is 0 Å². The van der Waals surface area contributed by atoms with E-state index < -0.39 is 19.7 Å². The van der Waals surface area contributed by atoms with Gasteiger partial charge in [0, 0.05) is 12.5 Å². The van der Waals surface area contributed by atoms with Crippen LogP contribution in [0.15, 0.2) is 84.9 Å². The van der Waals surface area contributed by atoms with Crippen molar-refractivity contribution in [2.75, 3.05) is 14.2 Å². The summed E-state index contributed by atoms with van der Waals surface area (Å²) in [6.07, 6.45) is 0.711. The van der Waals surface area contributed by atoms with Crippen molar-refractivity contribution in [3.8, 4) is 5.75 Å². The highest BCUT2D eigenvalue weighted by Crippen LogP contribution is 2.44. The lowest BCUT2D eigenvalue weighted by Crippen LogP contribution is -2.68. The predicted octanol–water partition coefficient (Wildman–Crippen LogP) is 4.80.